The van der Waals surface area contributed by atoms with Gasteiger partial charge >= 0.3 is 0 Å². The monoisotopic (exact) mass is 627 g/mol. The Morgan fingerprint density at radius 2 is 1.28 bits per heavy atom. The third-order valence-corrected chi connectivity index (χ3v) is 9.58. The highest BCUT2D eigenvalue weighted by atomic mass is 16.2. The van der Waals surface area contributed by atoms with Crippen LogP contribution in [0.3, 0.4) is 0 Å². The molecule has 4 heterocycles. The third-order valence-electron chi connectivity index (χ3n) is 9.58. The molecule has 0 spiro atoms. The van der Waals surface area contributed by atoms with Crippen LogP contribution in [0.1, 0.15) is 48.2 Å². The number of hydrogen-bond donors (Lipinski definition) is 4. The van der Waals surface area contributed by atoms with E-state index in [1.807, 2.05) is 10.6 Å². The van der Waals surface area contributed by atoms with Gasteiger partial charge in [-0.25, -0.2) is 0 Å². The van der Waals surface area contributed by atoms with E-state index in [0.717, 1.165) is 49.5 Å². The molecule has 0 saturated carbocycles. The largest absolute Gasteiger partial charge is 0.352 e. The Morgan fingerprint density at radius 1 is 0.702 bits per heavy atom. The number of fused-ring (bicyclic) bond motifs is 1. The summed E-state index contributed by atoms with van der Waals surface area (Å²) < 4.78 is 2.02. The fourth-order valence-corrected chi connectivity index (χ4v) is 6.92. The summed E-state index contributed by atoms with van der Waals surface area (Å²) in [5.74, 6) is 1.13. The topological polar surface area (TPSA) is 112 Å². The first kappa shape index (κ1) is 30.8. The summed E-state index contributed by atoms with van der Waals surface area (Å²) in [6.07, 6.45) is 5.05. The second-order valence-electron chi connectivity index (χ2n) is 12.8. The Labute approximate surface area is 275 Å². The molecule has 5 aromatic rings. The average molecular weight is 628 g/mol. The van der Waals surface area contributed by atoms with Gasteiger partial charge in [-0.15, -0.1) is 10.2 Å². The molecule has 9 nitrogen and oxygen atoms in total. The Hall–Kier alpha value is -4.86. The molecule has 47 heavy (non-hydrogen) atoms. The van der Waals surface area contributed by atoms with Gasteiger partial charge in [0, 0.05) is 50.8 Å². The van der Waals surface area contributed by atoms with Crippen LogP contribution in [0.5, 0.6) is 0 Å². The highest BCUT2D eigenvalue weighted by Crippen LogP contribution is 2.37. The van der Waals surface area contributed by atoms with E-state index in [4.69, 9.17) is 0 Å². The predicted molar refractivity (Wildman–Crippen MR) is 185 cm³/mol. The maximum absolute atomic E-state index is 11.5. The van der Waals surface area contributed by atoms with Crippen molar-refractivity contribution >= 4 is 17.5 Å². The summed E-state index contributed by atoms with van der Waals surface area (Å²) in [6, 6.07) is 26.5. The van der Waals surface area contributed by atoms with Crippen molar-refractivity contribution in [3.8, 4) is 33.4 Å². The number of aromatic nitrogens is 3. The molecule has 3 aromatic carbocycles. The Morgan fingerprint density at radius 3 is 1.87 bits per heavy atom. The Bertz CT molecular complexity index is 1930. The second kappa shape index (κ2) is 13.5. The number of hydrogen-bond acceptors (Lipinski definition) is 6. The summed E-state index contributed by atoms with van der Waals surface area (Å²) in [5.41, 5.74) is 11.6. The molecule has 2 aromatic heterocycles. The third kappa shape index (κ3) is 6.68. The van der Waals surface area contributed by atoms with Gasteiger partial charge in [0.15, 0.2) is 11.5 Å². The van der Waals surface area contributed by atoms with Crippen molar-refractivity contribution in [3.63, 3.8) is 0 Å². The number of pyridine rings is 1. The molecule has 4 N–H and O–H groups in total. The minimum atomic E-state index is 0.128. The van der Waals surface area contributed by atoms with Crippen LogP contribution in [0, 0.1) is 13.8 Å². The summed E-state index contributed by atoms with van der Waals surface area (Å²) in [6.45, 7) is 7.27. The minimum Gasteiger partial charge on any atom is -0.352 e. The standard InChI is InChI=1S/C38H41N7O2/c1-24-31(27-11-9-26(10-12-27)20-39-21-29-13-15-37(46)41-29)5-3-7-33(24)34-8-4-6-32(25(34)2)28-17-18-45-35(19-28)43-44-36(45)23-40-22-30-14-16-38(47)42-30/h3-12,17-19,29-30,39-40H,13-16,20-23H2,1-2H3,(H,41,46)(H,42,47)/t29-,30-/m0/s1. The number of rotatable bonds is 11. The lowest BCUT2D eigenvalue weighted by atomic mass is 9.88. The molecule has 2 aliphatic rings. The smallest absolute Gasteiger partial charge is 0.220 e. The molecule has 0 bridgehead atoms. The summed E-state index contributed by atoms with van der Waals surface area (Å²) >= 11 is 0. The first-order chi connectivity index (χ1) is 22.9. The molecule has 0 radical (unpaired) electrons. The van der Waals surface area contributed by atoms with E-state index in [1.54, 1.807) is 0 Å². The number of nitrogens with one attached hydrogen (secondary N) is 4. The molecule has 2 aliphatic heterocycles. The molecule has 2 amide bonds. The number of carbonyl (C=O) groups is 2. The van der Waals surface area contributed by atoms with Crippen molar-refractivity contribution < 1.29 is 9.59 Å². The van der Waals surface area contributed by atoms with Gasteiger partial charge < -0.3 is 21.3 Å². The maximum atomic E-state index is 11.5. The van der Waals surface area contributed by atoms with E-state index in [2.05, 4.69) is 118 Å². The van der Waals surface area contributed by atoms with Crippen LogP contribution in [0.2, 0.25) is 0 Å². The van der Waals surface area contributed by atoms with E-state index in [9.17, 15) is 9.59 Å². The van der Waals surface area contributed by atoms with Crippen molar-refractivity contribution in [2.75, 3.05) is 13.1 Å². The zero-order valence-electron chi connectivity index (χ0n) is 27.0. The molecule has 240 valence electrons. The molecule has 0 unspecified atom stereocenters. The first-order valence-corrected chi connectivity index (χ1v) is 16.6. The van der Waals surface area contributed by atoms with Gasteiger partial charge in [0.25, 0.3) is 0 Å². The molecule has 9 heteroatoms. The SMILES string of the molecule is Cc1c(-c2ccc(CNC[C@@H]3CCC(=O)N3)cc2)cccc1-c1cccc(-c2ccn3c(CNC[C@@H]4CCC(=O)N4)nnc3c2)c1C. The first-order valence-electron chi connectivity index (χ1n) is 16.6. The van der Waals surface area contributed by atoms with E-state index < -0.39 is 0 Å². The normalized spacial score (nSPS) is 17.7. The summed E-state index contributed by atoms with van der Waals surface area (Å²) in [7, 11) is 0. The van der Waals surface area contributed by atoms with Gasteiger partial charge in [-0.2, -0.15) is 0 Å². The zero-order valence-corrected chi connectivity index (χ0v) is 27.0. The van der Waals surface area contributed by atoms with Gasteiger partial charge in [-0.3, -0.25) is 14.0 Å². The summed E-state index contributed by atoms with van der Waals surface area (Å²) in [5, 5.41) is 21.8. The molecule has 0 aliphatic carbocycles. The van der Waals surface area contributed by atoms with Crippen molar-refractivity contribution in [3.05, 3.63) is 102 Å². The van der Waals surface area contributed by atoms with E-state index >= 15 is 0 Å². The van der Waals surface area contributed by atoms with E-state index in [-0.39, 0.29) is 23.9 Å². The fraction of sp³-hybridized carbons (Fsp3) is 0.316. The minimum absolute atomic E-state index is 0.128. The van der Waals surface area contributed by atoms with Gasteiger partial charge in [0.05, 0.1) is 6.54 Å². The molecule has 2 atom stereocenters. The van der Waals surface area contributed by atoms with Crippen molar-refractivity contribution in [1.82, 2.24) is 35.9 Å². The van der Waals surface area contributed by atoms with Crippen molar-refractivity contribution in [2.45, 2.75) is 64.7 Å². The van der Waals surface area contributed by atoms with Crippen LogP contribution in [-0.2, 0) is 22.7 Å². The number of carbonyl (C=O) groups excluding carboxylic acids is 2. The lowest BCUT2D eigenvalue weighted by molar-refractivity contribution is -0.120. The molecule has 7 rings (SSSR count). The Balaban J connectivity index is 1.06. The van der Waals surface area contributed by atoms with Gasteiger partial charge in [0.1, 0.15) is 0 Å². The van der Waals surface area contributed by atoms with Gasteiger partial charge in [-0.05, 0) is 88.9 Å². The molecule has 2 saturated heterocycles. The van der Waals surface area contributed by atoms with Crippen LogP contribution in [0.4, 0.5) is 0 Å². The lowest BCUT2D eigenvalue weighted by Crippen LogP contribution is -2.35. The van der Waals surface area contributed by atoms with Crippen LogP contribution in [0.15, 0.2) is 79.0 Å². The van der Waals surface area contributed by atoms with E-state index in [1.165, 1.54) is 44.5 Å². The Kier molecular flexibility index (Phi) is 8.82. The van der Waals surface area contributed by atoms with E-state index in [0.29, 0.717) is 19.4 Å². The molecular formula is C38H41N7O2. The predicted octanol–water partition coefficient (Wildman–Crippen LogP) is 5.08. The number of amides is 2. The number of benzene rings is 3. The maximum Gasteiger partial charge on any atom is 0.220 e. The molecular weight excluding hydrogens is 586 g/mol. The highest BCUT2D eigenvalue weighted by Gasteiger charge is 2.21. The lowest BCUT2D eigenvalue weighted by Gasteiger charge is -2.17. The van der Waals surface area contributed by atoms with Crippen LogP contribution in [-0.4, -0.2) is 51.6 Å². The van der Waals surface area contributed by atoms with Crippen LogP contribution >= 0.6 is 0 Å². The van der Waals surface area contributed by atoms with Crippen LogP contribution < -0.4 is 21.3 Å². The summed E-state index contributed by atoms with van der Waals surface area (Å²) in [4.78, 5) is 22.9. The average Bonchev–Trinajstić information content (AvgIpc) is 3.81. The quantitative estimate of drug-likeness (QED) is 0.163. The number of nitrogens with zero attached hydrogens (tertiary/aromatic N) is 3. The van der Waals surface area contributed by atoms with Crippen molar-refractivity contribution in [2.24, 2.45) is 0 Å². The second-order valence-corrected chi connectivity index (χ2v) is 12.8. The molecule has 2 fully saturated rings. The van der Waals surface area contributed by atoms with Crippen molar-refractivity contribution in [1.29, 1.82) is 0 Å². The fourth-order valence-electron chi connectivity index (χ4n) is 6.92. The highest BCUT2D eigenvalue weighted by molar-refractivity contribution is 5.84. The van der Waals surface area contributed by atoms with Gasteiger partial charge in [0.2, 0.25) is 11.8 Å². The van der Waals surface area contributed by atoms with Gasteiger partial charge in [-0.1, -0.05) is 60.7 Å². The zero-order chi connectivity index (χ0) is 32.3. The van der Waals surface area contributed by atoms with Crippen LogP contribution in [0.25, 0.3) is 39.0 Å².